The second-order valence-corrected chi connectivity index (χ2v) is 7.31. The van der Waals surface area contributed by atoms with E-state index in [0.717, 1.165) is 11.1 Å². The maximum absolute atomic E-state index is 12.1. The van der Waals surface area contributed by atoms with Gasteiger partial charge in [0, 0.05) is 11.3 Å². The normalized spacial score (nSPS) is 19.6. The topological polar surface area (TPSA) is 83.5 Å². The summed E-state index contributed by atoms with van der Waals surface area (Å²) in [5.74, 6) is 4.61. The van der Waals surface area contributed by atoms with Crippen molar-refractivity contribution >= 4 is 21.4 Å². The highest BCUT2D eigenvalue weighted by atomic mass is 32.2. The van der Waals surface area contributed by atoms with Crippen LogP contribution >= 0.6 is 0 Å². The number of aryl methyl sites for hydroxylation is 1. The molecule has 1 aliphatic heterocycles. The smallest absolute Gasteiger partial charge is 0.228 e. The molecule has 2 rings (SSSR count). The number of hydrogen-bond donors (Lipinski definition) is 2. The van der Waals surface area contributed by atoms with Crippen LogP contribution in [0.5, 0.6) is 0 Å². The Morgan fingerprint density at radius 3 is 2.86 bits per heavy atom. The molecule has 5 nitrogen and oxygen atoms in total. The molecule has 1 saturated heterocycles. The maximum atomic E-state index is 12.1. The van der Waals surface area contributed by atoms with Gasteiger partial charge in [-0.15, -0.1) is 0 Å². The molecule has 21 heavy (non-hydrogen) atoms. The van der Waals surface area contributed by atoms with Crippen LogP contribution in [0.1, 0.15) is 17.5 Å². The van der Waals surface area contributed by atoms with Gasteiger partial charge < -0.3 is 10.4 Å². The van der Waals surface area contributed by atoms with Gasteiger partial charge in [0.15, 0.2) is 9.84 Å². The lowest BCUT2D eigenvalue weighted by Gasteiger charge is -2.10. The van der Waals surface area contributed by atoms with Gasteiger partial charge in [-0.3, -0.25) is 4.79 Å². The predicted octanol–water partition coefficient (Wildman–Crippen LogP) is 0.712. The summed E-state index contributed by atoms with van der Waals surface area (Å²) in [6.45, 7) is 1.66. The molecule has 1 atom stereocenters. The summed E-state index contributed by atoms with van der Waals surface area (Å²) < 4.78 is 22.8. The molecular weight excluding hydrogens is 290 g/mol. The van der Waals surface area contributed by atoms with Crippen molar-refractivity contribution in [2.45, 2.75) is 13.3 Å². The van der Waals surface area contributed by atoms with E-state index < -0.39 is 15.8 Å². The van der Waals surface area contributed by atoms with Crippen molar-refractivity contribution in [3.63, 3.8) is 0 Å². The molecule has 1 heterocycles. The van der Waals surface area contributed by atoms with Gasteiger partial charge in [0.2, 0.25) is 5.91 Å². The van der Waals surface area contributed by atoms with E-state index in [2.05, 4.69) is 17.2 Å². The third-order valence-electron chi connectivity index (χ3n) is 3.41. The van der Waals surface area contributed by atoms with Crippen molar-refractivity contribution in [2.24, 2.45) is 5.92 Å². The minimum atomic E-state index is -3.07. The maximum Gasteiger partial charge on any atom is 0.228 e. The molecule has 1 aromatic carbocycles. The van der Waals surface area contributed by atoms with E-state index in [4.69, 9.17) is 5.11 Å². The van der Waals surface area contributed by atoms with Gasteiger partial charge >= 0.3 is 0 Å². The number of carbonyl (C=O) groups is 1. The van der Waals surface area contributed by atoms with E-state index in [1.165, 1.54) is 0 Å². The monoisotopic (exact) mass is 307 g/mol. The first-order valence-corrected chi connectivity index (χ1v) is 8.45. The highest BCUT2D eigenvalue weighted by molar-refractivity contribution is 7.91. The Hall–Kier alpha value is -1.84. The number of sulfone groups is 1. The lowest BCUT2D eigenvalue weighted by atomic mass is 10.1. The van der Waals surface area contributed by atoms with Crippen LogP contribution < -0.4 is 5.32 Å². The Morgan fingerprint density at radius 2 is 2.24 bits per heavy atom. The quantitative estimate of drug-likeness (QED) is 0.788. The summed E-state index contributed by atoms with van der Waals surface area (Å²) in [7, 11) is -3.07. The average Bonchev–Trinajstić information content (AvgIpc) is 2.80. The molecule has 0 bridgehead atoms. The fourth-order valence-corrected chi connectivity index (χ4v) is 3.96. The second kappa shape index (κ2) is 6.29. The van der Waals surface area contributed by atoms with Crippen molar-refractivity contribution in [1.82, 2.24) is 0 Å². The number of rotatable bonds is 2. The minimum absolute atomic E-state index is 0.0756. The lowest BCUT2D eigenvalue weighted by molar-refractivity contribution is -0.119. The van der Waals surface area contributed by atoms with Crippen molar-refractivity contribution in [2.75, 3.05) is 23.4 Å². The zero-order valence-corrected chi connectivity index (χ0v) is 12.5. The summed E-state index contributed by atoms with van der Waals surface area (Å²) in [6.07, 6.45) is 0.372. The van der Waals surface area contributed by atoms with Gasteiger partial charge in [-0.1, -0.05) is 17.9 Å². The fraction of sp³-hybridized carbons (Fsp3) is 0.400. The fourth-order valence-electron chi connectivity index (χ4n) is 2.22. The first kappa shape index (κ1) is 15.5. The number of anilines is 1. The number of benzene rings is 1. The Morgan fingerprint density at radius 1 is 1.48 bits per heavy atom. The molecule has 112 valence electrons. The third kappa shape index (κ3) is 4.06. The summed E-state index contributed by atoms with van der Waals surface area (Å²) in [4.78, 5) is 12.1. The van der Waals surface area contributed by atoms with Crippen molar-refractivity contribution in [1.29, 1.82) is 0 Å². The summed E-state index contributed by atoms with van der Waals surface area (Å²) >= 11 is 0. The molecule has 1 aromatic rings. The molecule has 1 fully saturated rings. The van der Waals surface area contributed by atoms with E-state index in [1.807, 2.05) is 13.0 Å². The number of carbonyl (C=O) groups excluding carboxylic acids is 1. The van der Waals surface area contributed by atoms with E-state index in [-0.39, 0.29) is 24.0 Å². The van der Waals surface area contributed by atoms with Gasteiger partial charge in [-0.05, 0) is 31.0 Å². The van der Waals surface area contributed by atoms with E-state index in [1.54, 1.807) is 12.1 Å². The molecule has 1 unspecified atom stereocenters. The molecule has 1 amide bonds. The zero-order valence-electron chi connectivity index (χ0n) is 11.7. The molecule has 6 heteroatoms. The molecule has 0 spiro atoms. The number of aliphatic hydroxyl groups is 1. The van der Waals surface area contributed by atoms with Gasteiger partial charge in [0.1, 0.15) is 6.61 Å². The first-order chi connectivity index (χ1) is 9.91. The zero-order chi connectivity index (χ0) is 15.5. The Labute approximate surface area is 124 Å². The largest absolute Gasteiger partial charge is 0.384 e. The van der Waals surface area contributed by atoms with E-state index in [9.17, 15) is 13.2 Å². The van der Waals surface area contributed by atoms with E-state index >= 15 is 0 Å². The third-order valence-corrected chi connectivity index (χ3v) is 5.18. The van der Waals surface area contributed by atoms with Crippen LogP contribution in [0.25, 0.3) is 0 Å². The minimum Gasteiger partial charge on any atom is -0.384 e. The molecule has 0 aliphatic carbocycles. The summed E-state index contributed by atoms with van der Waals surface area (Å²) in [6, 6.07) is 5.29. The standard InChI is InChI=1S/C15H17NO4S/c1-11-4-5-14(9-12(11)3-2-7-17)16-15(18)13-6-8-21(19,20)10-13/h4-5,9,13,17H,6-8,10H2,1H3,(H,16,18). The van der Waals surface area contributed by atoms with Crippen LogP contribution in [-0.2, 0) is 14.6 Å². The molecule has 0 saturated carbocycles. The van der Waals surface area contributed by atoms with Crippen LogP contribution in [0.3, 0.4) is 0 Å². The predicted molar refractivity (Wildman–Crippen MR) is 80.5 cm³/mol. The van der Waals surface area contributed by atoms with Crippen LogP contribution in [0.15, 0.2) is 18.2 Å². The number of hydrogen-bond acceptors (Lipinski definition) is 4. The molecule has 0 radical (unpaired) electrons. The molecule has 0 aromatic heterocycles. The average molecular weight is 307 g/mol. The van der Waals surface area contributed by atoms with Gasteiger partial charge in [-0.25, -0.2) is 8.42 Å². The summed E-state index contributed by atoms with van der Waals surface area (Å²) in [5.41, 5.74) is 2.25. The Balaban J connectivity index is 2.11. The van der Waals surface area contributed by atoms with Gasteiger partial charge in [0.05, 0.1) is 17.4 Å². The van der Waals surface area contributed by atoms with Gasteiger partial charge in [-0.2, -0.15) is 0 Å². The second-order valence-electron chi connectivity index (χ2n) is 5.08. The lowest BCUT2D eigenvalue weighted by Crippen LogP contribution is -2.23. The Kier molecular flexibility index (Phi) is 4.66. The number of nitrogens with one attached hydrogen (secondary N) is 1. The number of aliphatic hydroxyl groups excluding tert-OH is 1. The van der Waals surface area contributed by atoms with Crippen LogP contribution in [0, 0.1) is 24.7 Å². The Bertz CT molecular complexity index is 713. The first-order valence-electron chi connectivity index (χ1n) is 6.63. The van der Waals surface area contributed by atoms with E-state index in [0.29, 0.717) is 12.1 Å². The molecule has 2 N–H and O–H groups in total. The van der Waals surface area contributed by atoms with Crippen LogP contribution in [0.4, 0.5) is 5.69 Å². The van der Waals surface area contributed by atoms with Crippen molar-refractivity contribution < 1.29 is 18.3 Å². The van der Waals surface area contributed by atoms with Crippen LogP contribution in [-0.4, -0.2) is 37.5 Å². The number of amides is 1. The summed E-state index contributed by atoms with van der Waals surface area (Å²) in [5, 5.41) is 11.5. The molecule has 1 aliphatic rings. The molecular formula is C15H17NO4S. The van der Waals surface area contributed by atoms with Gasteiger partial charge in [0.25, 0.3) is 0 Å². The van der Waals surface area contributed by atoms with Crippen LogP contribution in [0.2, 0.25) is 0 Å². The van der Waals surface area contributed by atoms with Crippen molar-refractivity contribution in [3.8, 4) is 11.8 Å². The SMILES string of the molecule is Cc1ccc(NC(=O)C2CCS(=O)(=O)C2)cc1C#CCO. The highest BCUT2D eigenvalue weighted by Gasteiger charge is 2.32. The highest BCUT2D eigenvalue weighted by Crippen LogP contribution is 2.21. The van der Waals surface area contributed by atoms with Crippen molar-refractivity contribution in [3.05, 3.63) is 29.3 Å².